The second kappa shape index (κ2) is 8.27. The van der Waals surface area contributed by atoms with Crippen LogP contribution in [0, 0.1) is 5.92 Å². The number of H-pyrrole nitrogens is 1. The largest absolute Gasteiger partial charge is 0.417 e. The molecule has 0 saturated heterocycles. The molecule has 0 radical (unpaired) electrons. The Morgan fingerprint density at radius 2 is 2.00 bits per heavy atom. The van der Waals surface area contributed by atoms with Crippen molar-refractivity contribution in [3.05, 3.63) is 36.2 Å². The minimum atomic E-state index is -4.56. The zero-order chi connectivity index (χ0) is 23.1. The molecule has 0 aliphatic heterocycles. The van der Waals surface area contributed by atoms with Crippen LogP contribution in [0.4, 0.5) is 19.0 Å². The number of aliphatic hydroxyl groups is 1. The van der Waals surface area contributed by atoms with Gasteiger partial charge in [-0.1, -0.05) is 18.2 Å². The van der Waals surface area contributed by atoms with E-state index in [4.69, 9.17) is 5.14 Å². The van der Waals surface area contributed by atoms with Crippen LogP contribution in [-0.2, 0) is 20.7 Å². The Balaban J connectivity index is 1.58. The van der Waals surface area contributed by atoms with Gasteiger partial charge in [0, 0.05) is 17.5 Å². The van der Waals surface area contributed by atoms with Gasteiger partial charge in [-0.15, -0.1) is 0 Å². The average Bonchev–Trinajstić information content (AvgIpc) is 3.29. The Bertz CT molecular complexity index is 1230. The van der Waals surface area contributed by atoms with Crippen LogP contribution in [0.3, 0.4) is 0 Å². The third kappa shape index (κ3) is 4.82. The number of hydrogen-bond acceptors (Lipinski definition) is 8. The van der Waals surface area contributed by atoms with Gasteiger partial charge in [-0.05, 0) is 18.9 Å². The number of nitrogens with two attached hydrogens (primary N) is 1. The first-order chi connectivity index (χ1) is 15.0. The van der Waals surface area contributed by atoms with E-state index in [9.17, 15) is 26.7 Å². The lowest BCUT2D eigenvalue weighted by Crippen LogP contribution is -2.24. The summed E-state index contributed by atoms with van der Waals surface area (Å²) in [4.78, 5) is 15.2. The number of anilines is 1. The van der Waals surface area contributed by atoms with Crippen LogP contribution in [0.1, 0.15) is 18.4 Å². The van der Waals surface area contributed by atoms with Gasteiger partial charge in [-0.25, -0.2) is 20.1 Å². The van der Waals surface area contributed by atoms with Crippen LogP contribution in [0.5, 0.6) is 0 Å². The second-order valence-electron chi connectivity index (χ2n) is 7.47. The molecule has 0 unspecified atom stereocenters. The monoisotopic (exact) mass is 472 g/mol. The van der Waals surface area contributed by atoms with Gasteiger partial charge in [0.15, 0.2) is 17.0 Å². The highest BCUT2D eigenvalue weighted by molar-refractivity contribution is 7.84. The number of rotatable bonds is 6. The molecule has 0 spiro atoms. The molecule has 172 valence electrons. The zero-order valence-corrected chi connectivity index (χ0v) is 17.2. The number of nitrogens with zero attached hydrogens (tertiary/aromatic N) is 3. The number of alkyl halides is 3. The van der Waals surface area contributed by atoms with Crippen LogP contribution in [0.25, 0.3) is 22.6 Å². The van der Waals surface area contributed by atoms with Crippen molar-refractivity contribution in [1.29, 1.82) is 0 Å². The van der Waals surface area contributed by atoms with Gasteiger partial charge < -0.3 is 15.4 Å². The van der Waals surface area contributed by atoms with Crippen LogP contribution in [0.2, 0.25) is 0 Å². The third-order valence-corrected chi connectivity index (χ3v) is 5.68. The lowest BCUT2D eigenvalue weighted by molar-refractivity contribution is -0.137. The zero-order valence-electron chi connectivity index (χ0n) is 16.4. The highest BCUT2D eigenvalue weighted by atomic mass is 32.2. The highest BCUT2D eigenvalue weighted by Gasteiger charge is 2.36. The first kappa shape index (κ1) is 22.4. The molecule has 0 bridgehead atoms. The molecule has 1 saturated carbocycles. The van der Waals surface area contributed by atoms with Crippen molar-refractivity contribution in [2.45, 2.75) is 31.2 Å². The number of nitrogens with one attached hydrogen (secondary N) is 2. The van der Waals surface area contributed by atoms with Crippen molar-refractivity contribution in [2.75, 3.05) is 11.9 Å². The Labute approximate surface area is 180 Å². The number of fused-ring (bicyclic) bond motifs is 1. The predicted octanol–water partition coefficient (Wildman–Crippen LogP) is 1.81. The standard InChI is InChI=1S/C18H19F3N6O4S/c19-18(20,21)12-4-2-1-3-11(12)15-26-14-16(23-8-24-17(14)27-15)25-10-5-9(13(28)6-10)7-31-32(22,29)30/h1-4,8-10,13,28H,5-7H2,(H2,22,29,30)(H2,23,24,25,26,27)/t9-,10+,13-/m0/s1. The van der Waals surface area contributed by atoms with E-state index in [0.29, 0.717) is 6.42 Å². The van der Waals surface area contributed by atoms with E-state index in [1.807, 2.05) is 0 Å². The molecule has 1 aliphatic rings. The Kier molecular flexibility index (Phi) is 5.79. The lowest BCUT2D eigenvalue weighted by Gasteiger charge is -2.13. The topological polar surface area (TPSA) is 156 Å². The molecular formula is C18H19F3N6O4S. The Morgan fingerprint density at radius 1 is 1.25 bits per heavy atom. The van der Waals surface area contributed by atoms with Crippen molar-refractivity contribution in [3.8, 4) is 11.4 Å². The lowest BCUT2D eigenvalue weighted by atomic mass is 10.1. The summed E-state index contributed by atoms with van der Waals surface area (Å²) in [6.45, 7) is -0.266. The smallest absolute Gasteiger partial charge is 0.393 e. The highest BCUT2D eigenvalue weighted by Crippen LogP contribution is 2.37. The van der Waals surface area contributed by atoms with E-state index < -0.39 is 34.1 Å². The second-order valence-corrected chi connectivity index (χ2v) is 8.69. The molecule has 1 aliphatic carbocycles. The number of aromatic nitrogens is 4. The maximum atomic E-state index is 13.4. The van der Waals surface area contributed by atoms with E-state index in [1.165, 1.54) is 24.5 Å². The van der Waals surface area contributed by atoms with Crippen molar-refractivity contribution < 1.29 is 30.9 Å². The molecule has 2 aromatic heterocycles. The van der Waals surface area contributed by atoms with E-state index in [-0.39, 0.29) is 47.4 Å². The SMILES string of the molecule is NS(=O)(=O)OC[C@@H]1C[C@@H](Nc2ncnc3[nH]c(-c4ccccc4C(F)(F)F)nc23)C[C@@H]1O. The molecule has 1 fully saturated rings. The summed E-state index contributed by atoms with van der Waals surface area (Å²) >= 11 is 0. The van der Waals surface area contributed by atoms with E-state index in [2.05, 4.69) is 29.4 Å². The number of aromatic amines is 1. The summed E-state index contributed by atoms with van der Waals surface area (Å²) in [5.74, 6) is -0.217. The van der Waals surface area contributed by atoms with Crippen LogP contribution >= 0.6 is 0 Å². The van der Waals surface area contributed by atoms with Gasteiger partial charge in [0.1, 0.15) is 12.2 Å². The summed E-state index contributed by atoms with van der Waals surface area (Å²) in [5, 5.41) is 18.1. The first-order valence-corrected chi connectivity index (χ1v) is 11.0. The van der Waals surface area contributed by atoms with E-state index in [0.717, 1.165) is 6.07 Å². The summed E-state index contributed by atoms with van der Waals surface area (Å²) in [7, 11) is -4.12. The fourth-order valence-electron chi connectivity index (χ4n) is 3.77. The fraction of sp³-hybridized carbons (Fsp3) is 0.389. The van der Waals surface area contributed by atoms with Crippen molar-refractivity contribution in [2.24, 2.45) is 11.1 Å². The molecule has 14 heteroatoms. The molecule has 3 aromatic rings. The maximum Gasteiger partial charge on any atom is 0.417 e. The maximum absolute atomic E-state index is 13.4. The number of hydrogen-bond donors (Lipinski definition) is 4. The van der Waals surface area contributed by atoms with Gasteiger partial charge >= 0.3 is 16.5 Å². The normalized spacial score (nSPS) is 21.8. The van der Waals surface area contributed by atoms with Crippen molar-refractivity contribution >= 4 is 27.3 Å². The number of benzene rings is 1. The van der Waals surface area contributed by atoms with Gasteiger partial charge in [0.05, 0.1) is 18.3 Å². The summed E-state index contributed by atoms with van der Waals surface area (Å²) in [5.41, 5.74) is -0.487. The van der Waals surface area contributed by atoms with Crippen LogP contribution < -0.4 is 10.5 Å². The van der Waals surface area contributed by atoms with Gasteiger partial charge in [-0.2, -0.15) is 21.6 Å². The Morgan fingerprint density at radius 3 is 2.72 bits per heavy atom. The minimum Gasteiger partial charge on any atom is -0.393 e. The molecule has 2 heterocycles. The molecule has 10 nitrogen and oxygen atoms in total. The number of aliphatic hydroxyl groups excluding tert-OH is 1. The van der Waals surface area contributed by atoms with Crippen molar-refractivity contribution in [3.63, 3.8) is 0 Å². The summed E-state index contributed by atoms with van der Waals surface area (Å²) in [6.07, 6.45) is -3.53. The van der Waals surface area contributed by atoms with E-state index >= 15 is 0 Å². The molecule has 5 N–H and O–H groups in total. The molecule has 4 rings (SSSR count). The number of halogens is 3. The molecule has 1 aromatic carbocycles. The molecular weight excluding hydrogens is 453 g/mol. The third-order valence-electron chi connectivity index (χ3n) is 5.21. The minimum absolute atomic E-state index is 0.0117. The Hall–Kier alpha value is -2.81. The quantitative estimate of drug-likeness (QED) is 0.423. The summed E-state index contributed by atoms with van der Waals surface area (Å²) in [6, 6.07) is 4.75. The number of imidazole rings is 1. The van der Waals surface area contributed by atoms with Crippen molar-refractivity contribution in [1.82, 2.24) is 19.9 Å². The van der Waals surface area contributed by atoms with Crippen LogP contribution in [-0.4, -0.2) is 52.2 Å². The first-order valence-electron chi connectivity index (χ1n) is 9.50. The summed E-state index contributed by atoms with van der Waals surface area (Å²) < 4.78 is 66.7. The molecule has 0 amide bonds. The molecule has 3 atom stereocenters. The fourth-order valence-corrected chi connectivity index (χ4v) is 4.14. The van der Waals surface area contributed by atoms with Gasteiger partial charge in [-0.3, -0.25) is 4.18 Å². The average molecular weight is 472 g/mol. The van der Waals surface area contributed by atoms with Gasteiger partial charge in [0.2, 0.25) is 0 Å². The predicted molar refractivity (Wildman–Crippen MR) is 107 cm³/mol. The molecule has 32 heavy (non-hydrogen) atoms. The van der Waals surface area contributed by atoms with Gasteiger partial charge in [0.25, 0.3) is 0 Å². The van der Waals surface area contributed by atoms with E-state index in [1.54, 1.807) is 0 Å². The van der Waals surface area contributed by atoms with Crippen LogP contribution in [0.15, 0.2) is 30.6 Å².